The van der Waals surface area contributed by atoms with Gasteiger partial charge >= 0.3 is 0 Å². The van der Waals surface area contributed by atoms with Gasteiger partial charge in [0.15, 0.2) is 5.96 Å². The number of hydrogen-bond donors (Lipinski definition) is 1. The summed E-state index contributed by atoms with van der Waals surface area (Å²) in [5.41, 5.74) is 1.32. The Kier molecular flexibility index (Phi) is 10.3. The van der Waals surface area contributed by atoms with Gasteiger partial charge in [0.2, 0.25) is 0 Å². The summed E-state index contributed by atoms with van der Waals surface area (Å²) in [4.78, 5) is 9.68. The van der Waals surface area contributed by atoms with Crippen LogP contribution in [0.3, 0.4) is 0 Å². The number of likely N-dealkylation sites (tertiary alicyclic amines) is 1. The van der Waals surface area contributed by atoms with Crippen molar-refractivity contribution in [2.45, 2.75) is 33.2 Å². The highest BCUT2D eigenvalue weighted by molar-refractivity contribution is 14.0. The number of guanidine groups is 1. The van der Waals surface area contributed by atoms with Gasteiger partial charge in [-0.1, -0.05) is 37.3 Å². The fraction of sp³-hybridized carbons (Fsp3) is 0.632. The zero-order valence-electron chi connectivity index (χ0n) is 15.4. The SMILES string of the molecule is CCCN1CCC(CN=C(NCC)N(C)Cc2ccccc2)C1.I. The molecule has 1 aliphatic rings. The van der Waals surface area contributed by atoms with E-state index in [0.717, 1.165) is 25.6 Å². The van der Waals surface area contributed by atoms with E-state index in [0.29, 0.717) is 5.92 Å². The van der Waals surface area contributed by atoms with E-state index >= 15 is 0 Å². The summed E-state index contributed by atoms with van der Waals surface area (Å²) in [6, 6.07) is 10.6. The molecule has 0 bridgehead atoms. The second-order valence-electron chi connectivity index (χ2n) is 6.49. The quantitative estimate of drug-likeness (QED) is 0.397. The lowest BCUT2D eigenvalue weighted by molar-refractivity contribution is 0.326. The maximum absolute atomic E-state index is 4.89. The second kappa shape index (κ2) is 11.7. The van der Waals surface area contributed by atoms with Crippen LogP contribution < -0.4 is 5.32 Å². The van der Waals surface area contributed by atoms with Crippen molar-refractivity contribution in [3.63, 3.8) is 0 Å². The minimum Gasteiger partial charge on any atom is -0.357 e. The molecule has 1 aromatic rings. The molecule has 0 amide bonds. The number of nitrogens with one attached hydrogen (secondary N) is 1. The summed E-state index contributed by atoms with van der Waals surface area (Å²) in [7, 11) is 2.12. The molecule has 0 radical (unpaired) electrons. The molecule has 5 heteroatoms. The number of halogens is 1. The third-order valence-electron chi connectivity index (χ3n) is 4.37. The first-order chi connectivity index (χ1) is 11.2. The molecule has 1 aromatic carbocycles. The van der Waals surface area contributed by atoms with Gasteiger partial charge in [-0.3, -0.25) is 4.99 Å². The van der Waals surface area contributed by atoms with Crippen molar-refractivity contribution < 1.29 is 0 Å². The molecule has 4 nitrogen and oxygen atoms in total. The third-order valence-corrected chi connectivity index (χ3v) is 4.37. The largest absolute Gasteiger partial charge is 0.357 e. The fourth-order valence-corrected chi connectivity index (χ4v) is 3.20. The summed E-state index contributed by atoms with van der Waals surface area (Å²) in [5.74, 6) is 1.73. The summed E-state index contributed by atoms with van der Waals surface area (Å²) in [5, 5.41) is 3.43. The molecule has 1 saturated heterocycles. The summed E-state index contributed by atoms with van der Waals surface area (Å²) < 4.78 is 0. The van der Waals surface area contributed by atoms with E-state index in [1.165, 1.54) is 38.0 Å². The lowest BCUT2D eigenvalue weighted by Gasteiger charge is -2.22. The Hall–Kier alpha value is -0.820. The van der Waals surface area contributed by atoms with E-state index in [-0.39, 0.29) is 24.0 Å². The van der Waals surface area contributed by atoms with Gasteiger partial charge in [-0.05, 0) is 44.3 Å². The highest BCUT2D eigenvalue weighted by Crippen LogP contribution is 2.16. The molecule has 1 fully saturated rings. The lowest BCUT2D eigenvalue weighted by Crippen LogP contribution is -2.39. The monoisotopic (exact) mass is 444 g/mol. The van der Waals surface area contributed by atoms with Gasteiger partial charge in [-0.25, -0.2) is 0 Å². The number of benzene rings is 1. The Morgan fingerprint density at radius 2 is 2.04 bits per heavy atom. The van der Waals surface area contributed by atoms with Crippen molar-refractivity contribution in [1.29, 1.82) is 0 Å². The van der Waals surface area contributed by atoms with Gasteiger partial charge in [0.05, 0.1) is 0 Å². The molecule has 1 heterocycles. The smallest absolute Gasteiger partial charge is 0.193 e. The molecule has 1 unspecified atom stereocenters. The minimum atomic E-state index is 0. The number of rotatable bonds is 7. The average molecular weight is 444 g/mol. The third kappa shape index (κ3) is 6.97. The average Bonchev–Trinajstić information content (AvgIpc) is 3.00. The van der Waals surface area contributed by atoms with Crippen LogP contribution in [0.2, 0.25) is 0 Å². The highest BCUT2D eigenvalue weighted by Gasteiger charge is 2.21. The van der Waals surface area contributed by atoms with Crippen molar-refractivity contribution in [3.8, 4) is 0 Å². The van der Waals surface area contributed by atoms with Crippen molar-refractivity contribution in [2.24, 2.45) is 10.9 Å². The zero-order chi connectivity index (χ0) is 16.5. The predicted octanol–water partition coefficient (Wildman–Crippen LogP) is 3.43. The van der Waals surface area contributed by atoms with E-state index in [4.69, 9.17) is 4.99 Å². The Morgan fingerprint density at radius 1 is 1.29 bits per heavy atom. The van der Waals surface area contributed by atoms with Crippen molar-refractivity contribution in [2.75, 3.05) is 39.8 Å². The number of hydrogen-bond acceptors (Lipinski definition) is 2. The summed E-state index contributed by atoms with van der Waals surface area (Å²) in [6.45, 7) is 10.8. The van der Waals surface area contributed by atoms with Crippen LogP contribution in [-0.2, 0) is 6.54 Å². The van der Waals surface area contributed by atoms with E-state index in [9.17, 15) is 0 Å². The van der Waals surface area contributed by atoms with Gasteiger partial charge in [0.25, 0.3) is 0 Å². The van der Waals surface area contributed by atoms with Crippen LogP contribution in [0, 0.1) is 5.92 Å². The normalized spacial score (nSPS) is 18.3. The molecule has 2 rings (SSSR count). The maximum atomic E-state index is 4.89. The van der Waals surface area contributed by atoms with Crippen molar-refractivity contribution in [3.05, 3.63) is 35.9 Å². The molecule has 1 N–H and O–H groups in total. The first kappa shape index (κ1) is 21.2. The molecule has 0 aliphatic carbocycles. The molecule has 1 aliphatic heterocycles. The van der Waals surface area contributed by atoms with Gasteiger partial charge in [0, 0.05) is 33.2 Å². The standard InChI is InChI=1S/C19H32N4.HI/c1-4-12-23-13-11-18(16-23)14-21-19(20-5-2)22(3)15-17-9-7-6-8-10-17;/h6-10,18H,4-5,11-16H2,1-3H3,(H,20,21);1H. The molecule has 136 valence electrons. The van der Waals surface area contributed by atoms with Crippen LogP contribution in [0.4, 0.5) is 0 Å². The maximum Gasteiger partial charge on any atom is 0.193 e. The van der Waals surface area contributed by atoms with Crippen LogP contribution in [0.25, 0.3) is 0 Å². The first-order valence-electron chi connectivity index (χ1n) is 8.98. The van der Waals surface area contributed by atoms with Crippen LogP contribution in [0.15, 0.2) is 35.3 Å². The van der Waals surface area contributed by atoms with Gasteiger partial charge in [-0.15, -0.1) is 24.0 Å². The van der Waals surface area contributed by atoms with Crippen LogP contribution in [-0.4, -0.2) is 55.5 Å². The molecule has 0 saturated carbocycles. The molecule has 0 spiro atoms. The van der Waals surface area contributed by atoms with Crippen LogP contribution >= 0.6 is 24.0 Å². The van der Waals surface area contributed by atoms with Gasteiger partial charge in [-0.2, -0.15) is 0 Å². The topological polar surface area (TPSA) is 30.9 Å². The zero-order valence-corrected chi connectivity index (χ0v) is 17.7. The highest BCUT2D eigenvalue weighted by atomic mass is 127. The van der Waals surface area contributed by atoms with Crippen molar-refractivity contribution in [1.82, 2.24) is 15.1 Å². The van der Waals surface area contributed by atoms with Crippen molar-refractivity contribution >= 4 is 29.9 Å². The molecule has 1 atom stereocenters. The van der Waals surface area contributed by atoms with E-state index in [1.807, 2.05) is 0 Å². The number of nitrogens with zero attached hydrogens (tertiary/aromatic N) is 3. The van der Waals surface area contributed by atoms with Crippen LogP contribution in [0.5, 0.6) is 0 Å². The van der Waals surface area contributed by atoms with Gasteiger partial charge < -0.3 is 15.1 Å². The Bertz CT molecular complexity index is 478. The van der Waals surface area contributed by atoms with Gasteiger partial charge in [0.1, 0.15) is 0 Å². The van der Waals surface area contributed by atoms with E-state index < -0.39 is 0 Å². The second-order valence-corrected chi connectivity index (χ2v) is 6.49. The van der Waals surface area contributed by atoms with E-state index in [2.05, 4.69) is 66.3 Å². The lowest BCUT2D eigenvalue weighted by atomic mass is 10.1. The fourth-order valence-electron chi connectivity index (χ4n) is 3.20. The summed E-state index contributed by atoms with van der Waals surface area (Å²) in [6.07, 6.45) is 2.53. The Balaban J connectivity index is 0.00000288. The van der Waals surface area contributed by atoms with E-state index in [1.54, 1.807) is 0 Å². The molecule has 24 heavy (non-hydrogen) atoms. The number of aliphatic imine (C=N–C) groups is 1. The minimum absolute atomic E-state index is 0. The summed E-state index contributed by atoms with van der Waals surface area (Å²) >= 11 is 0. The van der Waals surface area contributed by atoms with Crippen LogP contribution in [0.1, 0.15) is 32.3 Å². The Labute approximate surface area is 164 Å². The first-order valence-corrected chi connectivity index (χ1v) is 8.98. The Morgan fingerprint density at radius 3 is 2.71 bits per heavy atom. The molecular weight excluding hydrogens is 411 g/mol. The molecular formula is C19H33IN4. The molecule has 0 aromatic heterocycles. The predicted molar refractivity (Wildman–Crippen MR) is 114 cm³/mol.